The van der Waals surface area contributed by atoms with Crippen LogP contribution in [0.1, 0.15) is 40.5 Å². The summed E-state index contributed by atoms with van der Waals surface area (Å²) in [5.74, 6) is -1.62. The molecular formula is C29H30N2O7. The smallest absolute Gasteiger partial charge is 0.340 e. The summed E-state index contributed by atoms with van der Waals surface area (Å²) in [7, 11) is 0. The van der Waals surface area contributed by atoms with E-state index in [0.29, 0.717) is 27.7 Å². The first-order valence-corrected chi connectivity index (χ1v) is 12.3. The number of hydrogen-bond acceptors (Lipinski definition) is 6. The van der Waals surface area contributed by atoms with Crippen molar-refractivity contribution in [1.29, 1.82) is 0 Å². The van der Waals surface area contributed by atoms with Gasteiger partial charge in [-0.1, -0.05) is 30.3 Å². The number of furan rings is 1. The molecule has 2 heterocycles. The normalized spacial score (nSPS) is 12.9. The number of aryl methyl sites for hydroxylation is 4. The van der Waals surface area contributed by atoms with Crippen molar-refractivity contribution in [2.75, 3.05) is 0 Å². The monoisotopic (exact) mass is 518 g/mol. The minimum Gasteiger partial charge on any atom is -0.480 e. The van der Waals surface area contributed by atoms with Crippen molar-refractivity contribution in [2.45, 2.75) is 59.5 Å². The largest absolute Gasteiger partial charge is 0.480 e. The summed E-state index contributed by atoms with van der Waals surface area (Å²) in [5, 5.41) is 16.2. The highest BCUT2D eigenvalue weighted by molar-refractivity contribution is 6.00. The molecule has 0 saturated heterocycles. The number of carboxylic acids is 1. The Hall–Kier alpha value is -4.40. The van der Waals surface area contributed by atoms with E-state index in [1.54, 1.807) is 31.2 Å². The Morgan fingerprint density at radius 1 is 0.895 bits per heavy atom. The number of benzene rings is 2. The zero-order chi connectivity index (χ0) is 27.7. The van der Waals surface area contributed by atoms with E-state index < -0.39 is 35.5 Å². The van der Waals surface area contributed by atoms with Crippen molar-refractivity contribution in [1.82, 2.24) is 10.6 Å². The van der Waals surface area contributed by atoms with Crippen molar-refractivity contribution in [3.05, 3.63) is 80.4 Å². The number of aliphatic carboxylic acids is 1. The Balaban J connectivity index is 1.51. The van der Waals surface area contributed by atoms with Gasteiger partial charge < -0.3 is 24.6 Å². The molecule has 198 valence electrons. The third kappa shape index (κ3) is 5.18. The molecular weight excluding hydrogens is 488 g/mol. The van der Waals surface area contributed by atoms with E-state index >= 15 is 0 Å². The number of amides is 2. The number of rotatable bonds is 8. The van der Waals surface area contributed by atoms with E-state index in [-0.39, 0.29) is 18.4 Å². The van der Waals surface area contributed by atoms with E-state index in [0.717, 1.165) is 22.3 Å². The summed E-state index contributed by atoms with van der Waals surface area (Å²) in [6.07, 6.45) is -0.198. The van der Waals surface area contributed by atoms with Gasteiger partial charge in [0.15, 0.2) is 0 Å². The van der Waals surface area contributed by atoms with E-state index in [4.69, 9.17) is 8.83 Å². The molecule has 0 aliphatic carbocycles. The van der Waals surface area contributed by atoms with Crippen LogP contribution in [0.2, 0.25) is 0 Å². The third-order valence-electron chi connectivity index (χ3n) is 6.95. The quantitative estimate of drug-likeness (QED) is 0.303. The standard InChI is InChI=1S/C29H30N2O7/c1-14-18(5)37-25-16(3)26-21(12-20(14)25)15(2)22(29(36)38-26)13-24(32)30-17(4)27(33)31-23(28(34)35)11-19-9-7-6-8-10-19/h6-10,12,17,23H,11,13H2,1-5H3,(H,30,32)(H,31,33)(H,34,35)/t17-,23-/m1/s1. The molecule has 38 heavy (non-hydrogen) atoms. The molecule has 0 saturated carbocycles. The van der Waals surface area contributed by atoms with Crippen molar-refractivity contribution < 1.29 is 28.3 Å². The van der Waals surface area contributed by atoms with Crippen LogP contribution in [-0.2, 0) is 27.2 Å². The second-order valence-electron chi connectivity index (χ2n) is 9.59. The topological polar surface area (TPSA) is 139 Å². The third-order valence-corrected chi connectivity index (χ3v) is 6.95. The van der Waals surface area contributed by atoms with Gasteiger partial charge in [-0.2, -0.15) is 0 Å². The van der Waals surface area contributed by atoms with Crippen LogP contribution in [0.4, 0.5) is 0 Å². The van der Waals surface area contributed by atoms with Gasteiger partial charge in [-0.25, -0.2) is 9.59 Å². The van der Waals surface area contributed by atoms with E-state index in [1.165, 1.54) is 6.92 Å². The zero-order valence-electron chi connectivity index (χ0n) is 21.9. The van der Waals surface area contributed by atoms with E-state index in [1.807, 2.05) is 32.9 Å². The van der Waals surface area contributed by atoms with Crippen LogP contribution in [0.3, 0.4) is 0 Å². The second-order valence-corrected chi connectivity index (χ2v) is 9.59. The molecule has 0 bridgehead atoms. The lowest BCUT2D eigenvalue weighted by atomic mass is 9.98. The maximum absolute atomic E-state index is 12.8. The molecule has 3 N–H and O–H groups in total. The number of carboxylic acid groups (broad SMARTS) is 1. The number of carbonyl (C=O) groups is 3. The summed E-state index contributed by atoms with van der Waals surface area (Å²) in [6, 6.07) is 8.64. The van der Waals surface area contributed by atoms with E-state index in [2.05, 4.69) is 10.6 Å². The fourth-order valence-corrected chi connectivity index (χ4v) is 4.56. The van der Waals surface area contributed by atoms with Crippen molar-refractivity contribution in [2.24, 2.45) is 0 Å². The Labute approximate surface area is 218 Å². The Bertz CT molecular complexity index is 1620. The number of hydrogen-bond donors (Lipinski definition) is 3. The van der Waals surface area contributed by atoms with Crippen molar-refractivity contribution >= 4 is 39.7 Å². The minimum absolute atomic E-state index is 0.0995. The summed E-state index contributed by atoms with van der Waals surface area (Å²) in [4.78, 5) is 50.0. The van der Waals surface area contributed by atoms with Crippen molar-refractivity contribution in [3.8, 4) is 0 Å². The molecule has 4 aromatic rings. The average molecular weight is 519 g/mol. The Kier molecular flexibility index (Phi) is 7.39. The molecule has 9 heteroatoms. The molecule has 2 aromatic carbocycles. The minimum atomic E-state index is -1.18. The molecule has 0 unspecified atom stereocenters. The van der Waals surface area contributed by atoms with Crippen LogP contribution in [0.25, 0.3) is 21.9 Å². The van der Waals surface area contributed by atoms with Gasteiger partial charge >= 0.3 is 11.6 Å². The van der Waals surface area contributed by atoms with Gasteiger partial charge in [0.2, 0.25) is 11.8 Å². The molecule has 2 atom stereocenters. The van der Waals surface area contributed by atoms with Crippen LogP contribution in [0.5, 0.6) is 0 Å². The summed E-state index contributed by atoms with van der Waals surface area (Å²) in [5.41, 5.74) is 3.67. The molecule has 2 amide bonds. The van der Waals surface area contributed by atoms with Gasteiger partial charge in [-0.15, -0.1) is 0 Å². The van der Waals surface area contributed by atoms with Gasteiger partial charge in [0, 0.05) is 22.8 Å². The summed E-state index contributed by atoms with van der Waals surface area (Å²) >= 11 is 0. The lowest BCUT2D eigenvalue weighted by Gasteiger charge is -2.19. The SMILES string of the molecule is Cc1oc2c(C)c3oc(=O)c(CC(=O)N[C@H](C)C(=O)N[C@H](Cc4ccccc4)C(=O)O)c(C)c3cc2c1C. The highest BCUT2D eigenvalue weighted by Gasteiger charge is 2.25. The predicted molar refractivity (Wildman–Crippen MR) is 142 cm³/mol. The highest BCUT2D eigenvalue weighted by atomic mass is 16.4. The molecule has 2 aromatic heterocycles. The fourth-order valence-electron chi connectivity index (χ4n) is 4.56. The number of fused-ring (bicyclic) bond motifs is 2. The lowest BCUT2D eigenvalue weighted by molar-refractivity contribution is -0.142. The Morgan fingerprint density at radius 3 is 2.18 bits per heavy atom. The second kappa shape index (κ2) is 10.5. The van der Waals surface area contributed by atoms with Gasteiger partial charge in [-0.05, 0) is 57.4 Å². The lowest BCUT2D eigenvalue weighted by Crippen LogP contribution is -2.51. The Morgan fingerprint density at radius 2 is 1.53 bits per heavy atom. The maximum atomic E-state index is 12.8. The molecule has 0 fully saturated rings. The average Bonchev–Trinajstić information content (AvgIpc) is 3.16. The van der Waals surface area contributed by atoms with Crippen LogP contribution in [0, 0.1) is 27.7 Å². The molecule has 0 radical (unpaired) electrons. The fraction of sp³-hybridized carbons (Fsp3) is 0.310. The van der Waals surface area contributed by atoms with Crippen LogP contribution >= 0.6 is 0 Å². The summed E-state index contributed by atoms with van der Waals surface area (Å²) < 4.78 is 11.5. The van der Waals surface area contributed by atoms with Crippen LogP contribution in [-0.4, -0.2) is 35.0 Å². The molecule has 0 spiro atoms. The highest BCUT2D eigenvalue weighted by Crippen LogP contribution is 2.34. The van der Waals surface area contributed by atoms with Gasteiger partial charge in [-0.3, -0.25) is 9.59 Å². The number of carbonyl (C=O) groups excluding carboxylic acids is 2. The first kappa shape index (κ1) is 26.7. The van der Waals surface area contributed by atoms with Crippen LogP contribution < -0.4 is 16.3 Å². The molecule has 4 rings (SSSR count). The van der Waals surface area contributed by atoms with Crippen molar-refractivity contribution in [3.63, 3.8) is 0 Å². The van der Waals surface area contributed by atoms with Gasteiger partial charge in [0.05, 0.1) is 12.0 Å². The molecule has 9 nitrogen and oxygen atoms in total. The predicted octanol–water partition coefficient (Wildman–Crippen LogP) is 3.63. The zero-order valence-corrected chi connectivity index (χ0v) is 21.9. The van der Waals surface area contributed by atoms with Gasteiger partial charge in [0.25, 0.3) is 0 Å². The molecule has 0 aliphatic rings. The molecule has 0 aliphatic heterocycles. The van der Waals surface area contributed by atoms with Gasteiger partial charge in [0.1, 0.15) is 29.0 Å². The van der Waals surface area contributed by atoms with E-state index in [9.17, 15) is 24.3 Å². The van der Waals surface area contributed by atoms with Crippen LogP contribution in [0.15, 0.2) is 50.0 Å². The maximum Gasteiger partial charge on any atom is 0.340 e. The first-order valence-electron chi connectivity index (χ1n) is 12.3. The first-order chi connectivity index (χ1) is 18.0. The number of nitrogens with one attached hydrogen (secondary N) is 2. The summed E-state index contributed by atoms with van der Waals surface area (Å²) in [6.45, 7) is 8.86.